The average molecular weight is 525 g/mol. The Morgan fingerprint density at radius 3 is 2.74 bits per heavy atom. The zero-order chi connectivity index (χ0) is 24.5. The number of benzene rings is 1. The highest BCUT2D eigenvalue weighted by molar-refractivity contribution is 7.19. The predicted molar refractivity (Wildman–Crippen MR) is 144 cm³/mol. The number of para-hydroxylation sites is 1. The molecular weight excluding hydrogens is 500 g/mol. The van der Waals surface area contributed by atoms with Crippen molar-refractivity contribution in [2.45, 2.75) is 39.5 Å². The van der Waals surface area contributed by atoms with Crippen molar-refractivity contribution in [1.82, 2.24) is 4.98 Å². The van der Waals surface area contributed by atoms with E-state index in [1.54, 1.807) is 13.0 Å². The standard InChI is InChI=1S/C27H25ClN2O3S2/c1-3-15-9-10-17-22(13-15)35-26(24(17)27(32)33-4-2)30-25(31)18-14-20(21-11-12-23(28)34-21)29-19-8-6-5-7-16(18)19/h5-8,11-12,14-15H,3-4,9-10,13H2,1-2H3,(H,30,31). The van der Waals surface area contributed by atoms with Crippen LogP contribution in [0.25, 0.3) is 21.5 Å². The number of hydrogen-bond donors (Lipinski definition) is 1. The van der Waals surface area contributed by atoms with Crippen molar-refractivity contribution in [3.8, 4) is 10.6 Å². The molecule has 1 aliphatic carbocycles. The van der Waals surface area contributed by atoms with Crippen LogP contribution in [0.2, 0.25) is 4.34 Å². The van der Waals surface area contributed by atoms with Gasteiger partial charge in [-0.15, -0.1) is 22.7 Å². The number of nitrogens with one attached hydrogen (secondary N) is 1. The zero-order valence-electron chi connectivity index (χ0n) is 19.5. The molecule has 0 aliphatic heterocycles. The van der Waals surface area contributed by atoms with Crippen molar-refractivity contribution in [2.24, 2.45) is 5.92 Å². The summed E-state index contributed by atoms with van der Waals surface area (Å²) < 4.78 is 6.04. The Morgan fingerprint density at radius 2 is 2.00 bits per heavy atom. The maximum absolute atomic E-state index is 13.7. The first-order valence-electron chi connectivity index (χ1n) is 11.8. The summed E-state index contributed by atoms with van der Waals surface area (Å²) in [6.07, 6.45) is 3.91. The number of thiophene rings is 2. The summed E-state index contributed by atoms with van der Waals surface area (Å²) in [5.74, 6) is -0.0449. The molecule has 5 nitrogen and oxygen atoms in total. The summed E-state index contributed by atoms with van der Waals surface area (Å²) in [7, 11) is 0. The number of hydrogen-bond acceptors (Lipinski definition) is 6. The molecule has 1 amide bonds. The smallest absolute Gasteiger partial charge is 0.341 e. The third-order valence-corrected chi connectivity index (χ3v) is 8.86. The number of rotatable bonds is 6. The first-order valence-corrected chi connectivity index (χ1v) is 13.8. The first kappa shape index (κ1) is 24.0. The summed E-state index contributed by atoms with van der Waals surface area (Å²) in [6.45, 7) is 4.28. The highest BCUT2D eigenvalue weighted by Gasteiger charge is 2.30. The molecule has 1 N–H and O–H groups in total. The van der Waals surface area contributed by atoms with Crippen molar-refractivity contribution in [2.75, 3.05) is 11.9 Å². The zero-order valence-corrected chi connectivity index (χ0v) is 21.9. The van der Waals surface area contributed by atoms with Crippen LogP contribution in [-0.4, -0.2) is 23.5 Å². The monoisotopic (exact) mass is 524 g/mol. The van der Waals surface area contributed by atoms with Gasteiger partial charge in [0.2, 0.25) is 0 Å². The number of halogens is 1. The molecule has 8 heteroatoms. The fourth-order valence-corrected chi connectivity index (χ4v) is 6.97. The molecule has 1 aliphatic rings. The molecule has 0 spiro atoms. The van der Waals surface area contributed by atoms with Crippen LogP contribution in [-0.2, 0) is 17.6 Å². The maximum atomic E-state index is 13.7. The van der Waals surface area contributed by atoms with Crippen LogP contribution in [0.15, 0.2) is 42.5 Å². The normalized spacial score (nSPS) is 15.1. The molecule has 0 fully saturated rings. The summed E-state index contributed by atoms with van der Waals surface area (Å²) >= 11 is 9.07. The van der Waals surface area contributed by atoms with E-state index in [4.69, 9.17) is 21.3 Å². The Labute approximate surface area is 217 Å². The average Bonchev–Trinajstić information content (AvgIpc) is 3.45. The third-order valence-electron chi connectivity index (χ3n) is 6.44. The molecule has 5 rings (SSSR count). The van der Waals surface area contributed by atoms with Crippen molar-refractivity contribution in [3.63, 3.8) is 0 Å². The third kappa shape index (κ3) is 4.73. The highest BCUT2D eigenvalue weighted by Crippen LogP contribution is 2.41. The molecule has 1 atom stereocenters. The number of aromatic nitrogens is 1. The first-order chi connectivity index (χ1) is 17.0. The number of anilines is 1. The summed E-state index contributed by atoms with van der Waals surface area (Å²) in [4.78, 5) is 33.4. The van der Waals surface area contributed by atoms with E-state index in [1.165, 1.54) is 27.6 Å². The van der Waals surface area contributed by atoms with E-state index in [-0.39, 0.29) is 18.5 Å². The molecule has 35 heavy (non-hydrogen) atoms. The van der Waals surface area contributed by atoms with E-state index in [9.17, 15) is 9.59 Å². The Kier molecular flexibility index (Phi) is 6.91. The number of carbonyl (C=O) groups is 2. The second kappa shape index (κ2) is 10.1. The van der Waals surface area contributed by atoms with Gasteiger partial charge in [-0.25, -0.2) is 9.78 Å². The van der Waals surface area contributed by atoms with E-state index in [2.05, 4.69) is 12.2 Å². The van der Waals surface area contributed by atoms with E-state index in [1.807, 2.05) is 36.4 Å². The van der Waals surface area contributed by atoms with Crippen LogP contribution < -0.4 is 5.32 Å². The minimum atomic E-state index is -0.372. The largest absolute Gasteiger partial charge is 0.462 e. The fourth-order valence-electron chi connectivity index (χ4n) is 4.62. The number of pyridine rings is 1. The lowest BCUT2D eigenvalue weighted by Gasteiger charge is -2.20. The minimum absolute atomic E-state index is 0.274. The van der Waals surface area contributed by atoms with Gasteiger partial charge in [-0.3, -0.25) is 4.79 Å². The molecule has 3 heterocycles. The fraction of sp³-hybridized carbons (Fsp3) is 0.296. The predicted octanol–water partition coefficient (Wildman–Crippen LogP) is 7.62. The lowest BCUT2D eigenvalue weighted by atomic mass is 9.85. The summed E-state index contributed by atoms with van der Waals surface area (Å²) in [5, 5.41) is 4.38. The van der Waals surface area contributed by atoms with Crippen LogP contribution >= 0.6 is 34.3 Å². The molecular formula is C27H25ClN2O3S2. The SMILES string of the molecule is CCOC(=O)c1c(NC(=O)c2cc(-c3ccc(Cl)s3)nc3ccccc23)sc2c1CCC(CC)C2. The number of amides is 1. The van der Waals surface area contributed by atoms with Crippen LogP contribution in [0.1, 0.15) is 57.8 Å². The lowest BCUT2D eigenvalue weighted by Crippen LogP contribution is -2.17. The molecule has 3 aromatic heterocycles. The van der Waals surface area contributed by atoms with Crippen LogP contribution in [0.4, 0.5) is 5.00 Å². The van der Waals surface area contributed by atoms with Crippen molar-refractivity contribution in [3.05, 3.63) is 68.4 Å². The van der Waals surface area contributed by atoms with Gasteiger partial charge in [0.1, 0.15) is 5.00 Å². The van der Waals surface area contributed by atoms with Gasteiger partial charge in [0.25, 0.3) is 5.91 Å². The van der Waals surface area contributed by atoms with Crippen molar-refractivity contribution >= 4 is 62.1 Å². The Morgan fingerprint density at radius 1 is 1.17 bits per heavy atom. The second-order valence-electron chi connectivity index (χ2n) is 8.58. The Hall–Kier alpha value is -2.74. The molecule has 4 aromatic rings. The van der Waals surface area contributed by atoms with Crippen LogP contribution in [0.3, 0.4) is 0 Å². The summed E-state index contributed by atoms with van der Waals surface area (Å²) in [5.41, 5.74) is 3.46. The van der Waals surface area contributed by atoms with Crippen LogP contribution in [0.5, 0.6) is 0 Å². The van der Waals surface area contributed by atoms with Gasteiger partial charge < -0.3 is 10.1 Å². The Bertz CT molecular complexity index is 1430. The van der Waals surface area contributed by atoms with Gasteiger partial charge in [-0.2, -0.15) is 0 Å². The quantitative estimate of drug-likeness (QED) is 0.263. The number of ether oxygens (including phenoxy) is 1. The summed E-state index contributed by atoms with van der Waals surface area (Å²) in [6, 6.07) is 13.1. The molecule has 0 saturated carbocycles. The van der Waals surface area contributed by atoms with Crippen LogP contribution in [0, 0.1) is 5.92 Å². The van der Waals surface area contributed by atoms with E-state index in [0.29, 0.717) is 32.1 Å². The number of fused-ring (bicyclic) bond motifs is 2. The molecule has 0 saturated heterocycles. The maximum Gasteiger partial charge on any atom is 0.341 e. The van der Waals surface area contributed by atoms with Gasteiger partial charge >= 0.3 is 5.97 Å². The van der Waals surface area contributed by atoms with Crippen molar-refractivity contribution < 1.29 is 14.3 Å². The van der Waals surface area contributed by atoms with Gasteiger partial charge in [0.05, 0.1) is 38.2 Å². The van der Waals surface area contributed by atoms with Crippen molar-refractivity contribution in [1.29, 1.82) is 0 Å². The van der Waals surface area contributed by atoms with E-state index >= 15 is 0 Å². The van der Waals surface area contributed by atoms with Gasteiger partial charge in [-0.05, 0) is 61.9 Å². The Balaban J connectivity index is 1.56. The highest BCUT2D eigenvalue weighted by atomic mass is 35.5. The van der Waals surface area contributed by atoms with E-state index in [0.717, 1.165) is 47.0 Å². The van der Waals surface area contributed by atoms with Gasteiger partial charge in [0, 0.05) is 10.3 Å². The number of esters is 1. The number of carbonyl (C=O) groups excluding carboxylic acids is 2. The van der Waals surface area contributed by atoms with Gasteiger partial charge in [-0.1, -0.05) is 43.1 Å². The number of nitrogens with zero attached hydrogens (tertiary/aromatic N) is 1. The molecule has 1 unspecified atom stereocenters. The molecule has 0 bridgehead atoms. The topological polar surface area (TPSA) is 68.3 Å². The second-order valence-corrected chi connectivity index (χ2v) is 11.4. The molecule has 180 valence electrons. The lowest BCUT2D eigenvalue weighted by molar-refractivity contribution is 0.0526. The minimum Gasteiger partial charge on any atom is -0.462 e. The molecule has 0 radical (unpaired) electrons. The van der Waals surface area contributed by atoms with Gasteiger partial charge in [0.15, 0.2) is 0 Å². The molecule has 1 aromatic carbocycles. The van der Waals surface area contributed by atoms with E-state index < -0.39 is 0 Å².